The highest BCUT2D eigenvalue weighted by atomic mass is 14.9. The Morgan fingerprint density at radius 3 is 2.24 bits per heavy atom. The molecular weight excluding hydrogens is 254 g/mol. The molecule has 0 saturated carbocycles. The molecule has 2 atom stereocenters. The van der Waals surface area contributed by atoms with Crippen LogP contribution in [-0.4, -0.2) is 0 Å². The number of rotatable bonds is 3. The number of hydrogen-bond acceptors (Lipinski definition) is 1. The Bertz CT molecular complexity index is 597. The van der Waals surface area contributed by atoms with Crippen molar-refractivity contribution in [2.24, 2.45) is 0 Å². The van der Waals surface area contributed by atoms with Crippen molar-refractivity contribution in [1.82, 2.24) is 0 Å². The fourth-order valence-electron chi connectivity index (χ4n) is 3.32. The van der Waals surface area contributed by atoms with Crippen molar-refractivity contribution in [3.8, 4) is 0 Å². The van der Waals surface area contributed by atoms with Gasteiger partial charge in [0.2, 0.25) is 0 Å². The zero-order valence-corrected chi connectivity index (χ0v) is 13.3. The maximum atomic E-state index is 3.72. The lowest BCUT2D eigenvalue weighted by atomic mass is 9.81. The molecule has 3 rings (SSSR count). The molecule has 21 heavy (non-hydrogen) atoms. The van der Waals surface area contributed by atoms with E-state index >= 15 is 0 Å². The van der Waals surface area contributed by atoms with Gasteiger partial charge in [0.1, 0.15) is 0 Å². The molecule has 0 bridgehead atoms. The van der Waals surface area contributed by atoms with Crippen LogP contribution in [0.1, 0.15) is 68.2 Å². The van der Waals surface area contributed by atoms with Crippen LogP contribution in [0.25, 0.3) is 0 Å². The van der Waals surface area contributed by atoms with Gasteiger partial charge in [-0.1, -0.05) is 57.2 Å². The molecule has 1 nitrogen and oxygen atoms in total. The zero-order chi connectivity index (χ0) is 14.8. The Morgan fingerprint density at radius 1 is 0.905 bits per heavy atom. The maximum absolute atomic E-state index is 3.72. The molecular formula is C20H25N. The minimum Gasteiger partial charge on any atom is -0.378 e. The highest BCUT2D eigenvalue weighted by Gasteiger charge is 2.24. The van der Waals surface area contributed by atoms with Gasteiger partial charge in [0, 0.05) is 5.69 Å². The second kappa shape index (κ2) is 5.93. The molecule has 0 radical (unpaired) electrons. The summed E-state index contributed by atoms with van der Waals surface area (Å²) in [6.07, 6.45) is 2.48. The molecule has 1 aliphatic carbocycles. The zero-order valence-electron chi connectivity index (χ0n) is 13.3. The highest BCUT2D eigenvalue weighted by molar-refractivity contribution is 5.49. The van der Waals surface area contributed by atoms with Crippen molar-refractivity contribution in [2.45, 2.75) is 51.5 Å². The molecule has 1 aliphatic rings. The van der Waals surface area contributed by atoms with Gasteiger partial charge >= 0.3 is 0 Å². The molecule has 2 aromatic rings. The van der Waals surface area contributed by atoms with E-state index in [0.717, 1.165) is 0 Å². The second-order valence-electron chi connectivity index (χ2n) is 6.58. The van der Waals surface area contributed by atoms with Crippen LogP contribution in [0.4, 0.5) is 5.69 Å². The van der Waals surface area contributed by atoms with Crippen LogP contribution in [0, 0.1) is 0 Å². The third-order valence-corrected chi connectivity index (χ3v) is 4.71. The summed E-state index contributed by atoms with van der Waals surface area (Å²) in [7, 11) is 0. The molecule has 0 fully saturated rings. The number of nitrogens with one attached hydrogen (secondary N) is 1. The monoisotopic (exact) mass is 279 g/mol. The summed E-state index contributed by atoms with van der Waals surface area (Å²) in [5.74, 6) is 1.28. The van der Waals surface area contributed by atoms with Gasteiger partial charge in [-0.05, 0) is 53.5 Å². The van der Waals surface area contributed by atoms with Crippen molar-refractivity contribution >= 4 is 5.69 Å². The first-order chi connectivity index (χ1) is 10.1. The SMILES string of the molecule is CC(C)c1ccc(NC2CCC(C)c3ccccc32)cc1. The quantitative estimate of drug-likeness (QED) is 0.742. The van der Waals surface area contributed by atoms with Crippen molar-refractivity contribution < 1.29 is 0 Å². The van der Waals surface area contributed by atoms with Crippen LogP contribution in [0.5, 0.6) is 0 Å². The standard InChI is InChI=1S/C20H25N/c1-14(2)16-9-11-17(12-10-16)21-20-13-8-15(3)18-6-4-5-7-19(18)20/h4-7,9-12,14-15,20-21H,8,13H2,1-3H3. The lowest BCUT2D eigenvalue weighted by Crippen LogP contribution is -2.19. The largest absolute Gasteiger partial charge is 0.378 e. The summed E-state index contributed by atoms with van der Waals surface area (Å²) in [5, 5.41) is 3.72. The van der Waals surface area contributed by atoms with Crippen LogP contribution in [0.2, 0.25) is 0 Å². The Labute approximate surface area is 128 Å². The van der Waals surface area contributed by atoms with Crippen LogP contribution >= 0.6 is 0 Å². The topological polar surface area (TPSA) is 12.0 Å². The Kier molecular flexibility index (Phi) is 4.01. The van der Waals surface area contributed by atoms with Crippen molar-refractivity contribution in [1.29, 1.82) is 0 Å². The average Bonchev–Trinajstić information content (AvgIpc) is 2.51. The molecule has 0 aromatic heterocycles. The third kappa shape index (κ3) is 2.97. The molecule has 0 amide bonds. The van der Waals surface area contributed by atoms with Crippen molar-refractivity contribution in [3.63, 3.8) is 0 Å². The van der Waals surface area contributed by atoms with E-state index in [9.17, 15) is 0 Å². The van der Waals surface area contributed by atoms with Crippen LogP contribution < -0.4 is 5.32 Å². The van der Waals surface area contributed by atoms with Crippen molar-refractivity contribution in [3.05, 3.63) is 65.2 Å². The van der Waals surface area contributed by atoms with Gasteiger partial charge in [0.15, 0.2) is 0 Å². The predicted molar refractivity (Wildman–Crippen MR) is 91.0 cm³/mol. The second-order valence-corrected chi connectivity index (χ2v) is 6.58. The Hall–Kier alpha value is -1.76. The molecule has 0 heterocycles. The van der Waals surface area contributed by atoms with E-state index in [4.69, 9.17) is 0 Å². The Balaban J connectivity index is 1.81. The summed E-state index contributed by atoms with van der Waals surface area (Å²) >= 11 is 0. The van der Waals surface area contributed by atoms with E-state index in [1.54, 1.807) is 0 Å². The van der Waals surface area contributed by atoms with Crippen molar-refractivity contribution in [2.75, 3.05) is 5.32 Å². The predicted octanol–water partition coefficient (Wildman–Crippen LogP) is 5.86. The van der Waals surface area contributed by atoms with Gasteiger partial charge in [-0.3, -0.25) is 0 Å². The van der Waals surface area contributed by atoms with Gasteiger partial charge < -0.3 is 5.32 Å². The van der Waals surface area contributed by atoms with Gasteiger partial charge in [-0.15, -0.1) is 0 Å². The first-order valence-electron chi connectivity index (χ1n) is 8.10. The first kappa shape index (κ1) is 14.2. The first-order valence-corrected chi connectivity index (χ1v) is 8.10. The number of anilines is 1. The van der Waals surface area contributed by atoms with Gasteiger partial charge in [0.05, 0.1) is 6.04 Å². The minimum absolute atomic E-state index is 0.447. The number of hydrogen-bond donors (Lipinski definition) is 1. The van der Waals surface area contributed by atoms with E-state index in [0.29, 0.717) is 17.9 Å². The molecule has 0 saturated heterocycles. The Morgan fingerprint density at radius 2 is 1.57 bits per heavy atom. The summed E-state index contributed by atoms with van der Waals surface area (Å²) in [4.78, 5) is 0. The van der Waals surface area contributed by atoms with E-state index in [2.05, 4.69) is 74.6 Å². The molecule has 0 aliphatic heterocycles. The summed E-state index contributed by atoms with van der Waals surface area (Å²) in [6.45, 7) is 6.81. The van der Waals surface area contributed by atoms with E-state index < -0.39 is 0 Å². The van der Waals surface area contributed by atoms with Gasteiger partial charge in [0.25, 0.3) is 0 Å². The molecule has 1 N–H and O–H groups in total. The minimum atomic E-state index is 0.447. The van der Waals surface area contributed by atoms with Gasteiger partial charge in [-0.25, -0.2) is 0 Å². The fourth-order valence-corrected chi connectivity index (χ4v) is 3.32. The molecule has 2 aromatic carbocycles. The average molecular weight is 279 g/mol. The van der Waals surface area contributed by atoms with E-state index in [-0.39, 0.29) is 0 Å². The lowest BCUT2D eigenvalue weighted by Gasteiger charge is -2.31. The van der Waals surface area contributed by atoms with Crippen LogP contribution in [0.3, 0.4) is 0 Å². The van der Waals surface area contributed by atoms with E-state index in [1.807, 2.05) is 0 Å². The maximum Gasteiger partial charge on any atom is 0.0516 e. The number of benzene rings is 2. The smallest absolute Gasteiger partial charge is 0.0516 e. The molecule has 2 unspecified atom stereocenters. The summed E-state index contributed by atoms with van der Waals surface area (Å²) in [6, 6.07) is 18.3. The van der Waals surface area contributed by atoms with E-state index in [1.165, 1.54) is 35.2 Å². The summed E-state index contributed by atoms with van der Waals surface area (Å²) < 4.78 is 0. The highest BCUT2D eigenvalue weighted by Crippen LogP contribution is 2.38. The molecule has 110 valence electrons. The molecule has 1 heteroatoms. The lowest BCUT2D eigenvalue weighted by molar-refractivity contribution is 0.534. The normalized spacial score (nSPS) is 21.1. The molecule has 0 spiro atoms. The van der Waals surface area contributed by atoms with Crippen LogP contribution in [0.15, 0.2) is 48.5 Å². The number of fused-ring (bicyclic) bond motifs is 1. The van der Waals surface area contributed by atoms with Crippen LogP contribution in [-0.2, 0) is 0 Å². The fraction of sp³-hybridized carbons (Fsp3) is 0.400. The summed E-state index contributed by atoms with van der Waals surface area (Å²) in [5.41, 5.74) is 5.62. The van der Waals surface area contributed by atoms with Gasteiger partial charge in [-0.2, -0.15) is 0 Å². The third-order valence-electron chi connectivity index (χ3n) is 4.71.